The molecule has 1 aromatic carbocycles. The summed E-state index contributed by atoms with van der Waals surface area (Å²) in [5, 5.41) is 3.06. The third kappa shape index (κ3) is 3.31. The number of nitrogens with one attached hydrogen (secondary N) is 1. The molecule has 0 aliphatic heterocycles. The highest BCUT2D eigenvalue weighted by Gasteiger charge is 2.22. The van der Waals surface area contributed by atoms with Crippen molar-refractivity contribution in [3.05, 3.63) is 35.4 Å². The van der Waals surface area contributed by atoms with Crippen molar-refractivity contribution in [2.24, 2.45) is 5.90 Å². The molecule has 3 N–H and O–H groups in total. The summed E-state index contributed by atoms with van der Waals surface area (Å²) in [5.74, 6) is 5.17. The van der Waals surface area contributed by atoms with Gasteiger partial charge in [0, 0.05) is 11.6 Å². The molecule has 4 nitrogen and oxygen atoms in total. The Labute approximate surface area is 107 Å². The predicted molar refractivity (Wildman–Crippen MR) is 70.0 cm³/mol. The zero-order chi connectivity index (χ0) is 13.0. The molecule has 1 fully saturated rings. The van der Waals surface area contributed by atoms with Crippen LogP contribution in [0.15, 0.2) is 24.3 Å². The van der Waals surface area contributed by atoms with E-state index in [0.29, 0.717) is 0 Å². The van der Waals surface area contributed by atoms with Crippen LogP contribution in [0.25, 0.3) is 0 Å². The van der Waals surface area contributed by atoms with E-state index in [1.54, 1.807) is 0 Å². The normalized spacial score (nSPS) is 23.7. The molecule has 98 valence electrons. The number of amides is 1. The van der Waals surface area contributed by atoms with Crippen LogP contribution in [0.1, 0.15) is 41.6 Å². The van der Waals surface area contributed by atoms with E-state index in [-0.39, 0.29) is 18.1 Å². The number of hydrogen-bond acceptors (Lipinski definition) is 3. The van der Waals surface area contributed by atoms with Crippen molar-refractivity contribution in [1.29, 1.82) is 0 Å². The summed E-state index contributed by atoms with van der Waals surface area (Å²) in [4.78, 5) is 16.8. The van der Waals surface area contributed by atoms with Crippen molar-refractivity contribution in [2.45, 2.75) is 44.8 Å². The highest BCUT2D eigenvalue weighted by atomic mass is 16.6. The van der Waals surface area contributed by atoms with E-state index in [1.807, 2.05) is 31.2 Å². The summed E-state index contributed by atoms with van der Waals surface area (Å²) in [6, 6.07) is 7.87. The van der Waals surface area contributed by atoms with E-state index < -0.39 is 0 Å². The molecule has 4 heteroatoms. The second-order valence-corrected chi connectivity index (χ2v) is 4.95. The van der Waals surface area contributed by atoms with Gasteiger partial charge < -0.3 is 10.2 Å². The zero-order valence-corrected chi connectivity index (χ0v) is 10.7. The Hall–Kier alpha value is -1.39. The predicted octanol–water partition coefficient (Wildman–Crippen LogP) is 1.93. The van der Waals surface area contributed by atoms with Gasteiger partial charge in [-0.2, -0.15) is 0 Å². The maximum absolute atomic E-state index is 12.0. The summed E-state index contributed by atoms with van der Waals surface area (Å²) in [5.41, 5.74) is 1.88. The average Bonchev–Trinajstić information content (AvgIpc) is 2.40. The van der Waals surface area contributed by atoms with Crippen LogP contribution >= 0.6 is 0 Å². The number of hydrogen-bond donors (Lipinski definition) is 2. The van der Waals surface area contributed by atoms with Crippen LogP contribution in [0.3, 0.4) is 0 Å². The lowest BCUT2D eigenvalue weighted by Crippen LogP contribution is -2.39. The van der Waals surface area contributed by atoms with Crippen molar-refractivity contribution < 1.29 is 9.63 Å². The minimum atomic E-state index is 0.00659. The minimum Gasteiger partial charge on any atom is -0.349 e. The molecule has 0 unspecified atom stereocenters. The maximum atomic E-state index is 12.0. The second-order valence-electron chi connectivity index (χ2n) is 4.95. The van der Waals surface area contributed by atoms with Crippen LogP contribution in [0.2, 0.25) is 0 Å². The van der Waals surface area contributed by atoms with E-state index in [2.05, 4.69) is 5.32 Å². The second kappa shape index (κ2) is 5.98. The van der Waals surface area contributed by atoms with Gasteiger partial charge in [-0.05, 0) is 44.7 Å². The highest BCUT2D eigenvalue weighted by molar-refractivity contribution is 5.94. The number of benzene rings is 1. The average molecular weight is 248 g/mol. The van der Waals surface area contributed by atoms with Crippen LogP contribution in [0.4, 0.5) is 0 Å². The number of nitrogens with two attached hydrogens (primary N) is 1. The van der Waals surface area contributed by atoms with Crippen LogP contribution in [0, 0.1) is 6.92 Å². The lowest BCUT2D eigenvalue weighted by atomic mass is 9.93. The summed E-state index contributed by atoms with van der Waals surface area (Å²) < 4.78 is 0. The van der Waals surface area contributed by atoms with Crippen LogP contribution in [-0.4, -0.2) is 18.1 Å². The van der Waals surface area contributed by atoms with Crippen molar-refractivity contribution in [3.8, 4) is 0 Å². The van der Waals surface area contributed by atoms with Crippen LogP contribution < -0.4 is 11.2 Å². The Kier molecular flexibility index (Phi) is 4.33. The van der Waals surface area contributed by atoms with Gasteiger partial charge in [0.05, 0.1) is 6.10 Å². The monoisotopic (exact) mass is 248 g/mol. The van der Waals surface area contributed by atoms with Gasteiger partial charge in [0.15, 0.2) is 0 Å². The van der Waals surface area contributed by atoms with Gasteiger partial charge in [-0.3, -0.25) is 4.79 Å². The fourth-order valence-electron chi connectivity index (χ4n) is 2.32. The Morgan fingerprint density at radius 3 is 2.39 bits per heavy atom. The first-order chi connectivity index (χ1) is 8.69. The summed E-state index contributed by atoms with van der Waals surface area (Å²) >= 11 is 0. The molecule has 0 saturated heterocycles. The van der Waals surface area contributed by atoms with Gasteiger partial charge in [-0.25, -0.2) is 5.90 Å². The quantitative estimate of drug-likeness (QED) is 0.803. The Morgan fingerprint density at radius 1 is 1.22 bits per heavy atom. The molecule has 18 heavy (non-hydrogen) atoms. The van der Waals surface area contributed by atoms with Gasteiger partial charge >= 0.3 is 0 Å². The van der Waals surface area contributed by atoms with Crippen molar-refractivity contribution in [1.82, 2.24) is 5.32 Å². The molecule has 0 spiro atoms. The lowest BCUT2D eigenvalue weighted by molar-refractivity contribution is 0.0217. The van der Waals surface area contributed by atoms with Gasteiger partial charge in [-0.15, -0.1) is 0 Å². The molecule has 1 aliphatic rings. The summed E-state index contributed by atoms with van der Waals surface area (Å²) in [7, 11) is 0. The van der Waals surface area contributed by atoms with Gasteiger partial charge in [0.1, 0.15) is 0 Å². The number of carbonyl (C=O) groups is 1. The number of aryl methyl sites for hydroxylation is 1. The zero-order valence-electron chi connectivity index (χ0n) is 10.7. The fourth-order valence-corrected chi connectivity index (χ4v) is 2.32. The van der Waals surface area contributed by atoms with E-state index in [0.717, 1.165) is 36.8 Å². The largest absolute Gasteiger partial charge is 0.349 e. The molecule has 0 heterocycles. The number of carbonyl (C=O) groups excluding carboxylic acids is 1. The van der Waals surface area contributed by atoms with Crippen molar-refractivity contribution in [3.63, 3.8) is 0 Å². The Morgan fingerprint density at radius 2 is 1.83 bits per heavy atom. The summed E-state index contributed by atoms with van der Waals surface area (Å²) in [6.45, 7) is 2.01. The topological polar surface area (TPSA) is 64.3 Å². The van der Waals surface area contributed by atoms with Gasteiger partial charge in [0.25, 0.3) is 5.91 Å². The van der Waals surface area contributed by atoms with E-state index >= 15 is 0 Å². The maximum Gasteiger partial charge on any atom is 0.251 e. The fraction of sp³-hybridized carbons (Fsp3) is 0.500. The number of rotatable bonds is 3. The molecule has 0 radical (unpaired) electrons. The standard InChI is InChI=1S/C14H20N2O2/c1-10-2-4-11(5-3-10)14(17)16-12-6-8-13(18-15)9-7-12/h2-5,12-13H,6-9,15H2,1H3,(H,16,17). The molecule has 1 amide bonds. The Bertz CT molecular complexity index is 395. The third-order valence-electron chi connectivity index (χ3n) is 3.52. The molecule has 1 saturated carbocycles. The molecule has 0 bridgehead atoms. The first-order valence-electron chi connectivity index (χ1n) is 6.42. The molecular weight excluding hydrogens is 228 g/mol. The molecule has 0 aromatic heterocycles. The van der Waals surface area contributed by atoms with Gasteiger partial charge in [0.2, 0.25) is 0 Å². The van der Waals surface area contributed by atoms with Crippen LogP contribution in [0.5, 0.6) is 0 Å². The molecule has 1 aromatic rings. The smallest absolute Gasteiger partial charge is 0.251 e. The van der Waals surface area contributed by atoms with Crippen LogP contribution in [-0.2, 0) is 4.84 Å². The van der Waals surface area contributed by atoms with E-state index in [1.165, 1.54) is 0 Å². The van der Waals surface area contributed by atoms with Gasteiger partial charge in [-0.1, -0.05) is 17.7 Å². The van der Waals surface area contributed by atoms with E-state index in [9.17, 15) is 4.79 Å². The van der Waals surface area contributed by atoms with E-state index in [4.69, 9.17) is 10.7 Å². The SMILES string of the molecule is Cc1ccc(C(=O)NC2CCC(ON)CC2)cc1. The first kappa shape index (κ1) is 13.1. The summed E-state index contributed by atoms with van der Waals surface area (Å²) in [6.07, 6.45) is 3.83. The van der Waals surface area contributed by atoms with Crippen molar-refractivity contribution >= 4 is 5.91 Å². The molecular formula is C14H20N2O2. The highest BCUT2D eigenvalue weighted by Crippen LogP contribution is 2.20. The molecule has 2 rings (SSSR count). The van der Waals surface area contributed by atoms with Crippen molar-refractivity contribution in [2.75, 3.05) is 0 Å². The first-order valence-corrected chi connectivity index (χ1v) is 6.42. The third-order valence-corrected chi connectivity index (χ3v) is 3.52. The molecule has 1 aliphatic carbocycles. The minimum absolute atomic E-state index is 0.00659. The Balaban J connectivity index is 1.86. The lowest BCUT2D eigenvalue weighted by Gasteiger charge is -2.27. The molecule has 0 atom stereocenters.